The van der Waals surface area contributed by atoms with Gasteiger partial charge in [-0.05, 0) is 6.42 Å². The third kappa shape index (κ3) is 4.64. The Labute approximate surface area is 109 Å². The highest BCUT2D eigenvalue weighted by Crippen LogP contribution is 2.10. The molecule has 2 amide bonds. The molecular weight excluding hydrogens is 230 g/mol. The Morgan fingerprint density at radius 3 is 2.67 bits per heavy atom. The van der Waals surface area contributed by atoms with Gasteiger partial charge in [-0.15, -0.1) is 0 Å². The largest absolute Gasteiger partial charge is 0.368 e. The summed E-state index contributed by atoms with van der Waals surface area (Å²) in [5.41, 5.74) is 5.32. The Morgan fingerprint density at radius 1 is 1.28 bits per heavy atom. The Bertz CT molecular complexity index is 281. The van der Waals surface area contributed by atoms with Crippen molar-refractivity contribution in [1.82, 2.24) is 10.2 Å². The second kappa shape index (κ2) is 8.08. The molecule has 5 nitrogen and oxygen atoms in total. The van der Waals surface area contributed by atoms with Gasteiger partial charge in [-0.3, -0.25) is 9.59 Å². The van der Waals surface area contributed by atoms with Crippen LogP contribution < -0.4 is 11.1 Å². The summed E-state index contributed by atoms with van der Waals surface area (Å²) in [6.07, 6.45) is 6.15. The van der Waals surface area contributed by atoms with Gasteiger partial charge in [0.25, 0.3) is 0 Å². The van der Waals surface area contributed by atoms with Crippen LogP contribution in [0.2, 0.25) is 0 Å². The summed E-state index contributed by atoms with van der Waals surface area (Å²) in [6.45, 7) is 3.98. The highest BCUT2D eigenvalue weighted by Gasteiger charge is 2.29. The van der Waals surface area contributed by atoms with Crippen molar-refractivity contribution in [2.45, 2.75) is 51.5 Å². The number of unbranched alkanes of at least 4 members (excludes halogenated alkanes) is 4. The summed E-state index contributed by atoms with van der Waals surface area (Å²) in [7, 11) is 0. The molecule has 3 N–H and O–H groups in total. The number of piperazine rings is 1. The molecule has 1 aliphatic heterocycles. The molecule has 18 heavy (non-hydrogen) atoms. The molecule has 1 fully saturated rings. The molecule has 0 aromatic rings. The average Bonchev–Trinajstić information content (AvgIpc) is 2.38. The van der Waals surface area contributed by atoms with E-state index in [1.54, 1.807) is 4.90 Å². The molecule has 1 heterocycles. The first-order valence-corrected chi connectivity index (χ1v) is 6.96. The fourth-order valence-corrected chi connectivity index (χ4v) is 2.28. The first-order valence-electron chi connectivity index (χ1n) is 6.96. The molecule has 1 atom stereocenters. The number of nitrogens with zero attached hydrogens (tertiary/aromatic N) is 1. The van der Waals surface area contributed by atoms with E-state index < -0.39 is 11.9 Å². The fraction of sp³-hybridized carbons (Fsp3) is 0.846. The Balaban J connectivity index is 2.32. The molecule has 0 spiro atoms. The molecule has 0 radical (unpaired) electrons. The van der Waals surface area contributed by atoms with Crippen LogP contribution in [0.25, 0.3) is 0 Å². The van der Waals surface area contributed by atoms with E-state index in [2.05, 4.69) is 12.2 Å². The van der Waals surface area contributed by atoms with Crippen LogP contribution in [0.1, 0.15) is 45.4 Å². The van der Waals surface area contributed by atoms with E-state index in [1.165, 1.54) is 19.3 Å². The van der Waals surface area contributed by atoms with Gasteiger partial charge in [-0.25, -0.2) is 0 Å². The topological polar surface area (TPSA) is 75.4 Å². The lowest BCUT2D eigenvalue weighted by atomic mass is 10.1. The van der Waals surface area contributed by atoms with E-state index in [0.29, 0.717) is 19.5 Å². The van der Waals surface area contributed by atoms with E-state index in [4.69, 9.17) is 5.73 Å². The van der Waals surface area contributed by atoms with Gasteiger partial charge in [0, 0.05) is 26.1 Å². The first kappa shape index (κ1) is 15.0. The molecule has 0 saturated carbocycles. The van der Waals surface area contributed by atoms with Crippen LogP contribution in [0.5, 0.6) is 0 Å². The number of carbonyl (C=O) groups is 2. The van der Waals surface area contributed by atoms with Gasteiger partial charge in [0.1, 0.15) is 6.04 Å². The van der Waals surface area contributed by atoms with Crippen molar-refractivity contribution in [2.24, 2.45) is 5.73 Å². The summed E-state index contributed by atoms with van der Waals surface area (Å²) >= 11 is 0. The maximum Gasteiger partial charge on any atom is 0.241 e. The number of rotatable bonds is 7. The number of nitrogens with one attached hydrogen (secondary N) is 1. The van der Waals surface area contributed by atoms with Crippen LogP contribution in [-0.2, 0) is 9.59 Å². The maximum absolute atomic E-state index is 12.0. The van der Waals surface area contributed by atoms with E-state index in [9.17, 15) is 9.59 Å². The van der Waals surface area contributed by atoms with Crippen molar-refractivity contribution in [3.8, 4) is 0 Å². The van der Waals surface area contributed by atoms with Crippen LogP contribution in [-0.4, -0.2) is 42.4 Å². The molecule has 1 unspecified atom stereocenters. The van der Waals surface area contributed by atoms with Crippen LogP contribution in [0, 0.1) is 0 Å². The SMILES string of the molecule is CCCCCCCC(=O)N1CCNCC1C(N)=O. The molecule has 0 aromatic heterocycles. The normalized spacial score (nSPS) is 19.8. The average molecular weight is 255 g/mol. The smallest absolute Gasteiger partial charge is 0.241 e. The molecule has 1 saturated heterocycles. The molecule has 1 rings (SSSR count). The van der Waals surface area contributed by atoms with E-state index >= 15 is 0 Å². The number of carbonyl (C=O) groups excluding carboxylic acids is 2. The number of hydrogen-bond donors (Lipinski definition) is 2. The van der Waals surface area contributed by atoms with Gasteiger partial charge in [-0.2, -0.15) is 0 Å². The van der Waals surface area contributed by atoms with Crippen molar-refractivity contribution in [3.63, 3.8) is 0 Å². The second-order valence-electron chi connectivity index (χ2n) is 4.87. The second-order valence-corrected chi connectivity index (χ2v) is 4.87. The summed E-state index contributed by atoms with van der Waals surface area (Å²) in [4.78, 5) is 24.9. The minimum atomic E-state index is -0.470. The molecule has 0 aliphatic carbocycles. The molecular formula is C13H25N3O2. The van der Waals surface area contributed by atoms with Gasteiger partial charge in [-0.1, -0.05) is 32.6 Å². The van der Waals surface area contributed by atoms with Crippen LogP contribution in [0.3, 0.4) is 0 Å². The third-order valence-electron chi connectivity index (χ3n) is 3.39. The predicted molar refractivity (Wildman–Crippen MR) is 70.9 cm³/mol. The van der Waals surface area contributed by atoms with Crippen LogP contribution >= 0.6 is 0 Å². The van der Waals surface area contributed by atoms with Gasteiger partial charge in [0.15, 0.2) is 0 Å². The molecule has 0 bridgehead atoms. The monoisotopic (exact) mass is 255 g/mol. The quantitative estimate of drug-likeness (QED) is 0.655. The van der Waals surface area contributed by atoms with E-state index in [1.807, 2.05) is 0 Å². The lowest BCUT2D eigenvalue weighted by Gasteiger charge is -2.34. The zero-order valence-electron chi connectivity index (χ0n) is 11.3. The van der Waals surface area contributed by atoms with Crippen molar-refractivity contribution in [1.29, 1.82) is 0 Å². The third-order valence-corrected chi connectivity index (χ3v) is 3.39. The predicted octanol–water partition coefficient (Wildman–Crippen LogP) is 0.633. The van der Waals surface area contributed by atoms with Crippen LogP contribution in [0.4, 0.5) is 0 Å². The first-order chi connectivity index (χ1) is 8.66. The van der Waals surface area contributed by atoms with Gasteiger partial charge in [0.05, 0.1) is 0 Å². The minimum Gasteiger partial charge on any atom is -0.368 e. The maximum atomic E-state index is 12.0. The van der Waals surface area contributed by atoms with Crippen molar-refractivity contribution in [2.75, 3.05) is 19.6 Å². The Hall–Kier alpha value is -1.10. The zero-order valence-corrected chi connectivity index (χ0v) is 11.3. The van der Waals surface area contributed by atoms with E-state index in [-0.39, 0.29) is 5.91 Å². The number of primary amides is 1. The van der Waals surface area contributed by atoms with Crippen molar-refractivity contribution < 1.29 is 9.59 Å². The fourth-order valence-electron chi connectivity index (χ4n) is 2.28. The Kier molecular flexibility index (Phi) is 6.72. The number of amides is 2. The van der Waals surface area contributed by atoms with Gasteiger partial charge in [0.2, 0.25) is 11.8 Å². The Morgan fingerprint density at radius 2 is 2.00 bits per heavy atom. The minimum absolute atomic E-state index is 0.0665. The molecule has 5 heteroatoms. The molecule has 1 aliphatic rings. The van der Waals surface area contributed by atoms with Crippen molar-refractivity contribution in [3.05, 3.63) is 0 Å². The highest BCUT2D eigenvalue weighted by molar-refractivity contribution is 5.87. The highest BCUT2D eigenvalue weighted by atomic mass is 16.2. The lowest BCUT2D eigenvalue weighted by Crippen LogP contribution is -2.58. The van der Waals surface area contributed by atoms with E-state index in [0.717, 1.165) is 19.4 Å². The lowest BCUT2D eigenvalue weighted by molar-refractivity contribution is -0.140. The number of hydrogen-bond acceptors (Lipinski definition) is 3. The summed E-state index contributed by atoms with van der Waals surface area (Å²) in [6, 6.07) is -0.470. The summed E-state index contributed by atoms with van der Waals surface area (Å²) in [5, 5.41) is 3.09. The standard InChI is InChI=1S/C13H25N3O2/c1-2-3-4-5-6-7-12(17)16-9-8-15-10-11(16)13(14)18/h11,15H,2-10H2,1H3,(H2,14,18). The zero-order chi connectivity index (χ0) is 13.4. The summed E-state index contributed by atoms with van der Waals surface area (Å²) < 4.78 is 0. The van der Waals surface area contributed by atoms with Gasteiger partial charge < -0.3 is 16.0 Å². The van der Waals surface area contributed by atoms with Crippen LogP contribution in [0.15, 0.2) is 0 Å². The number of nitrogens with two attached hydrogens (primary N) is 1. The van der Waals surface area contributed by atoms with Gasteiger partial charge >= 0.3 is 0 Å². The van der Waals surface area contributed by atoms with Crippen molar-refractivity contribution >= 4 is 11.8 Å². The summed E-state index contributed by atoms with van der Waals surface area (Å²) in [5.74, 6) is -0.349. The molecule has 104 valence electrons. The molecule has 0 aromatic carbocycles.